The van der Waals surface area contributed by atoms with Crippen molar-refractivity contribution < 1.29 is 9.53 Å². The van der Waals surface area contributed by atoms with E-state index < -0.39 is 0 Å². The first-order valence-electron chi connectivity index (χ1n) is 5.80. The summed E-state index contributed by atoms with van der Waals surface area (Å²) in [5, 5.41) is 5.90. The summed E-state index contributed by atoms with van der Waals surface area (Å²) in [7, 11) is 1.59. The van der Waals surface area contributed by atoms with E-state index in [4.69, 9.17) is 4.74 Å². The maximum Gasteiger partial charge on any atom is 0.270 e. The van der Waals surface area contributed by atoms with E-state index in [0.29, 0.717) is 24.7 Å². The van der Waals surface area contributed by atoms with Gasteiger partial charge in [-0.25, -0.2) is 9.97 Å². The average Bonchev–Trinajstić information content (AvgIpc) is 2.27. The number of methoxy groups -OCH3 is 1. The molecule has 1 rings (SSSR count). The topological polar surface area (TPSA) is 76.1 Å². The van der Waals surface area contributed by atoms with E-state index in [9.17, 15) is 4.79 Å². The highest BCUT2D eigenvalue weighted by molar-refractivity contribution is 5.92. The Morgan fingerprint density at radius 3 is 2.72 bits per heavy atom. The molecule has 1 aromatic rings. The Kier molecular flexibility index (Phi) is 5.03. The van der Waals surface area contributed by atoms with E-state index >= 15 is 0 Å². The normalized spacial score (nSPS) is 11.1. The molecule has 0 atom stereocenters. The summed E-state index contributed by atoms with van der Waals surface area (Å²) in [4.78, 5) is 19.8. The minimum absolute atomic E-state index is 0.113. The Morgan fingerprint density at radius 1 is 1.39 bits per heavy atom. The number of anilines is 1. The Bertz CT molecular complexity index is 401. The molecule has 6 heteroatoms. The van der Waals surface area contributed by atoms with Crippen LogP contribution in [0, 0.1) is 0 Å². The van der Waals surface area contributed by atoms with Gasteiger partial charge in [0.2, 0.25) is 0 Å². The number of nitrogens with one attached hydrogen (secondary N) is 2. The number of hydrogen-bond donors (Lipinski definition) is 2. The van der Waals surface area contributed by atoms with Crippen molar-refractivity contribution in [2.75, 3.05) is 25.6 Å². The van der Waals surface area contributed by atoms with Crippen LogP contribution in [-0.4, -0.2) is 41.7 Å². The van der Waals surface area contributed by atoms with Crippen LogP contribution >= 0.6 is 0 Å². The Balaban J connectivity index is 2.66. The number of rotatable bonds is 5. The molecule has 0 aliphatic heterocycles. The smallest absolute Gasteiger partial charge is 0.270 e. The first kappa shape index (κ1) is 14.4. The van der Waals surface area contributed by atoms with Gasteiger partial charge in [0.15, 0.2) is 0 Å². The van der Waals surface area contributed by atoms with E-state index in [1.807, 2.05) is 20.8 Å². The number of ether oxygens (including phenoxy) is 1. The number of nitrogens with zero attached hydrogens (tertiary/aromatic N) is 2. The lowest BCUT2D eigenvalue weighted by molar-refractivity contribution is 0.0932. The van der Waals surface area contributed by atoms with Crippen LogP contribution < -0.4 is 10.6 Å². The fraction of sp³-hybridized carbons (Fsp3) is 0.583. The molecule has 0 aliphatic carbocycles. The molecule has 0 radical (unpaired) electrons. The fourth-order valence-electron chi connectivity index (χ4n) is 1.29. The third-order valence-corrected chi connectivity index (χ3v) is 1.99. The second-order valence-corrected chi connectivity index (χ2v) is 4.91. The zero-order valence-corrected chi connectivity index (χ0v) is 11.3. The molecule has 1 heterocycles. The summed E-state index contributed by atoms with van der Waals surface area (Å²) in [6.07, 6.45) is 1.37. The summed E-state index contributed by atoms with van der Waals surface area (Å²) >= 11 is 0. The molecule has 0 spiro atoms. The van der Waals surface area contributed by atoms with Gasteiger partial charge in [0.25, 0.3) is 5.91 Å². The summed E-state index contributed by atoms with van der Waals surface area (Å²) in [5.74, 6) is 0.404. The lowest BCUT2D eigenvalue weighted by atomic mass is 10.1. The zero-order chi connectivity index (χ0) is 13.6. The molecule has 0 saturated carbocycles. The number of aromatic nitrogens is 2. The summed E-state index contributed by atoms with van der Waals surface area (Å²) in [6.45, 7) is 7.00. The lowest BCUT2D eigenvalue weighted by Crippen LogP contribution is -2.29. The molecule has 0 saturated heterocycles. The van der Waals surface area contributed by atoms with Crippen LogP contribution in [-0.2, 0) is 4.74 Å². The molecule has 0 aliphatic rings. The van der Waals surface area contributed by atoms with E-state index in [0.717, 1.165) is 0 Å². The second kappa shape index (κ2) is 6.30. The van der Waals surface area contributed by atoms with E-state index in [-0.39, 0.29) is 11.4 Å². The molecule has 0 fully saturated rings. The van der Waals surface area contributed by atoms with Crippen molar-refractivity contribution in [2.45, 2.75) is 26.3 Å². The Labute approximate surface area is 107 Å². The van der Waals surface area contributed by atoms with E-state index in [2.05, 4.69) is 20.6 Å². The van der Waals surface area contributed by atoms with Crippen LogP contribution in [0.1, 0.15) is 31.3 Å². The SMILES string of the molecule is COCCNC(=O)c1cc(NC(C)(C)C)ncn1. The molecule has 6 nitrogen and oxygen atoms in total. The Morgan fingerprint density at radius 2 is 2.11 bits per heavy atom. The summed E-state index contributed by atoms with van der Waals surface area (Å²) in [5.41, 5.74) is 0.228. The van der Waals surface area contributed by atoms with Gasteiger partial charge in [-0.05, 0) is 20.8 Å². The largest absolute Gasteiger partial charge is 0.383 e. The van der Waals surface area contributed by atoms with Crippen LogP contribution in [0.3, 0.4) is 0 Å². The number of amides is 1. The minimum Gasteiger partial charge on any atom is -0.383 e. The third kappa shape index (κ3) is 5.09. The van der Waals surface area contributed by atoms with Crippen LogP contribution in [0.25, 0.3) is 0 Å². The standard InChI is InChI=1S/C12H20N4O2/c1-12(2,3)16-10-7-9(14-8-15-10)11(17)13-5-6-18-4/h7-8H,5-6H2,1-4H3,(H,13,17)(H,14,15,16). The van der Waals surface area contributed by atoms with E-state index in [1.54, 1.807) is 13.2 Å². The van der Waals surface area contributed by atoms with Crippen LogP contribution in [0.4, 0.5) is 5.82 Å². The van der Waals surface area contributed by atoms with Crippen molar-refractivity contribution in [2.24, 2.45) is 0 Å². The van der Waals surface area contributed by atoms with Gasteiger partial charge in [0, 0.05) is 25.3 Å². The lowest BCUT2D eigenvalue weighted by Gasteiger charge is -2.21. The summed E-state index contributed by atoms with van der Waals surface area (Å²) in [6, 6.07) is 1.63. The number of carbonyl (C=O) groups excluding carboxylic acids is 1. The molecule has 0 aromatic carbocycles. The highest BCUT2D eigenvalue weighted by Gasteiger charge is 2.13. The van der Waals surface area contributed by atoms with E-state index in [1.165, 1.54) is 6.33 Å². The predicted molar refractivity (Wildman–Crippen MR) is 69.6 cm³/mol. The maximum atomic E-state index is 11.8. The highest BCUT2D eigenvalue weighted by atomic mass is 16.5. The highest BCUT2D eigenvalue weighted by Crippen LogP contribution is 2.11. The monoisotopic (exact) mass is 252 g/mol. The fourth-order valence-corrected chi connectivity index (χ4v) is 1.29. The number of carbonyl (C=O) groups is 1. The van der Waals surface area contributed by atoms with Gasteiger partial charge < -0.3 is 15.4 Å². The average molecular weight is 252 g/mol. The third-order valence-electron chi connectivity index (χ3n) is 1.99. The molecular formula is C12H20N4O2. The van der Waals surface area contributed by atoms with Gasteiger partial charge in [0.1, 0.15) is 17.8 Å². The first-order valence-corrected chi connectivity index (χ1v) is 5.80. The van der Waals surface area contributed by atoms with Crippen LogP contribution in [0.5, 0.6) is 0 Å². The van der Waals surface area contributed by atoms with Crippen LogP contribution in [0.2, 0.25) is 0 Å². The summed E-state index contributed by atoms with van der Waals surface area (Å²) < 4.78 is 4.86. The molecule has 1 aromatic heterocycles. The van der Waals surface area contributed by atoms with Gasteiger partial charge in [0.05, 0.1) is 6.61 Å². The van der Waals surface area contributed by atoms with Gasteiger partial charge in [-0.2, -0.15) is 0 Å². The predicted octanol–water partition coefficient (Wildman–Crippen LogP) is 1.06. The van der Waals surface area contributed by atoms with Crippen molar-refractivity contribution in [3.63, 3.8) is 0 Å². The van der Waals surface area contributed by atoms with Gasteiger partial charge in [-0.1, -0.05) is 0 Å². The van der Waals surface area contributed by atoms with Gasteiger partial charge in [-0.3, -0.25) is 4.79 Å². The molecule has 100 valence electrons. The van der Waals surface area contributed by atoms with Gasteiger partial charge in [-0.15, -0.1) is 0 Å². The second-order valence-electron chi connectivity index (χ2n) is 4.91. The Hall–Kier alpha value is -1.69. The molecule has 0 unspecified atom stereocenters. The minimum atomic E-state index is -0.230. The zero-order valence-electron chi connectivity index (χ0n) is 11.3. The molecule has 1 amide bonds. The molecule has 0 bridgehead atoms. The van der Waals surface area contributed by atoms with Crippen molar-refractivity contribution in [1.29, 1.82) is 0 Å². The quantitative estimate of drug-likeness (QED) is 0.766. The molecule has 2 N–H and O–H groups in total. The maximum absolute atomic E-state index is 11.8. The van der Waals surface area contributed by atoms with Crippen molar-refractivity contribution >= 4 is 11.7 Å². The first-order chi connectivity index (χ1) is 8.42. The number of hydrogen-bond acceptors (Lipinski definition) is 5. The molecule has 18 heavy (non-hydrogen) atoms. The van der Waals surface area contributed by atoms with Crippen LogP contribution in [0.15, 0.2) is 12.4 Å². The van der Waals surface area contributed by atoms with Crippen molar-refractivity contribution in [3.05, 3.63) is 18.1 Å². The van der Waals surface area contributed by atoms with Crippen molar-refractivity contribution in [1.82, 2.24) is 15.3 Å². The molecular weight excluding hydrogens is 232 g/mol. The van der Waals surface area contributed by atoms with Crippen molar-refractivity contribution in [3.8, 4) is 0 Å². The van der Waals surface area contributed by atoms with Gasteiger partial charge >= 0.3 is 0 Å².